The van der Waals surface area contributed by atoms with Gasteiger partial charge in [0.05, 0.1) is 16.3 Å². The molecule has 2 aliphatic heterocycles. The van der Waals surface area contributed by atoms with E-state index in [-0.39, 0.29) is 26.7 Å². The summed E-state index contributed by atoms with van der Waals surface area (Å²) in [7, 11) is 1.77. The number of carbonyl (C=O) groups excluding carboxylic acids is 1. The second-order valence-corrected chi connectivity index (χ2v) is 11.9. The first-order valence-corrected chi connectivity index (χ1v) is 15.1. The Labute approximate surface area is 254 Å². The quantitative estimate of drug-likeness (QED) is 0.312. The van der Waals surface area contributed by atoms with E-state index in [0.29, 0.717) is 52.9 Å². The van der Waals surface area contributed by atoms with Crippen molar-refractivity contribution in [3.63, 3.8) is 0 Å². The summed E-state index contributed by atoms with van der Waals surface area (Å²) in [6.45, 7) is 12.0. The van der Waals surface area contributed by atoms with Gasteiger partial charge in [-0.25, -0.2) is 4.68 Å². The molecule has 0 unspecified atom stereocenters. The van der Waals surface area contributed by atoms with Crippen LogP contribution in [-0.4, -0.2) is 61.8 Å². The van der Waals surface area contributed by atoms with Crippen LogP contribution >= 0.6 is 24.0 Å². The Bertz CT molecular complexity index is 1770. The van der Waals surface area contributed by atoms with E-state index in [1.807, 2.05) is 37.3 Å². The molecule has 42 heavy (non-hydrogen) atoms. The number of thioether (sulfide) groups is 1. The van der Waals surface area contributed by atoms with Crippen molar-refractivity contribution in [1.82, 2.24) is 18.8 Å². The van der Waals surface area contributed by atoms with Gasteiger partial charge in [-0.1, -0.05) is 49.1 Å². The Morgan fingerprint density at radius 1 is 1.00 bits per heavy atom. The van der Waals surface area contributed by atoms with Crippen molar-refractivity contribution in [3.05, 3.63) is 78.3 Å². The molecule has 0 N–H and O–H groups in total. The fourth-order valence-corrected chi connectivity index (χ4v) is 6.91. The highest BCUT2D eigenvalue weighted by atomic mass is 32.2. The summed E-state index contributed by atoms with van der Waals surface area (Å²) < 4.78 is 5.10. The second kappa shape index (κ2) is 11.8. The van der Waals surface area contributed by atoms with Crippen LogP contribution in [0.1, 0.15) is 36.2 Å². The number of amides is 1. The van der Waals surface area contributed by atoms with E-state index in [1.54, 1.807) is 36.2 Å². The minimum Gasteiger partial charge on any atom is -0.355 e. The minimum atomic E-state index is -0.412. The number of aromatic nitrogens is 3. The average Bonchev–Trinajstić information content (AvgIpc) is 3.39. The van der Waals surface area contributed by atoms with Crippen molar-refractivity contribution in [3.8, 4) is 11.8 Å². The van der Waals surface area contributed by atoms with Crippen LogP contribution in [0.3, 0.4) is 0 Å². The zero-order valence-electron chi connectivity index (χ0n) is 24.4. The molecule has 5 rings (SSSR count). The van der Waals surface area contributed by atoms with Gasteiger partial charge in [0, 0.05) is 45.3 Å². The van der Waals surface area contributed by atoms with Gasteiger partial charge in [0.25, 0.3) is 17.0 Å². The van der Waals surface area contributed by atoms with Crippen molar-refractivity contribution in [1.29, 1.82) is 5.26 Å². The average molecular weight is 604 g/mol. The Morgan fingerprint density at radius 3 is 2.26 bits per heavy atom. The predicted molar refractivity (Wildman–Crippen MR) is 172 cm³/mol. The van der Waals surface area contributed by atoms with Gasteiger partial charge >= 0.3 is 0 Å². The van der Waals surface area contributed by atoms with Gasteiger partial charge in [0.2, 0.25) is 0 Å². The second-order valence-electron chi connectivity index (χ2n) is 10.2. The van der Waals surface area contributed by atoms with Gasteiger partial charge in [-0.2, -0.15) is 5.26 Å². The highest BCUT2D eigenvalue weighted by molar-refractivity contribution is 8.27. The van der Waals surface area contributed by atoms with E-state index < -0.39 is 5.91 Å². The van der Waals surface area contributed by atoms with Gasteiger partial charge in [0.1, 0.15) is 23.1 Å². The molecule has 12 heteroatoms. The molecule has 2 aliphatic rings. The molecule has 0 atom stereocenters. The van der Waals surface area contributed by atoms with Crippen LogP contribution in [0.15, 0.2) is 44.8 Å². The molecule has 2 fully saturated rings. The molecular weight excluding hydrogens is 571 g/mol. The maximum atomic E-state index is 14.0. The molecule has 0 bridgehead atoms. The van der Waals surface area contributed by atoms with E-state index in [2.05, 4.69) is 22.8 Å². The zero-order chi connectivity index (χ0) is 30.3. The third-order valence-electron chi connectivity index (χ3n) is 8.10. The summed E-state index contributed by atoms with van der Waals surface area (Å²) in [6.07, 6.45) is 1.73. The zero-order valence-corrected chi connectivity index (χ0v) is 26.0. The Hall–Kier alpha value is -3.92. The SMILES string of the molecule is CCN1CCN(c2c(C=C3SC(=S)N(c4c(C)n(C)n(-c5ccccc5)c4=O)C3=O)c(C)c(C#N)c(=O)n2CC)CC1. The number of anilines is 2. The summed E-state index contributed by atoms with van der Waals surface area (Å²) in [5.74, 6) is 0.285. The first kappa shape index (κ1) is 29.6. The molecule has 218 valence electrons. The maximum absolute atomic E-state index is 14.0. The summed E-state index contributed by atoms with van der Waals surface area (Å²) >= 11 is 6.78. The number of hydrogen-bond donors (Lipinski definition) is 0. The van der Waals surface area contributed by atoms with Crippen molar-refractivity contribution >= 4 is 51.8 Å². The molecule has 0 spiro atoms. The van der Waals surface area contributed by atoms with Crippen molar-refractivity contribution in [2.45, 2.75) is 34.2 Å². The topological polar surface area (TPSA) is 99.5 Å². The number of likely N-dealkylation sites (N-methyl/N-ethyl adjacent to an activating group) is 1. The molecular formula is C30H33N7O3S2. The van der Waals surface area contributed by atoms with E-state index in [4.69, 9.17) is 12.2 Å². The summed E-state index contributed by atoms with van der Waals surface area (Å²) in [6, 6.07) is 11.3. The molecule has 2 aromatic heterocycles. The number of carbonyl (C=O) groups is 1. The molecule has 0 aliphatic carbocycles. The number of nitrogens with zero attached hydrogens (tertiary/aromatic N) is 7. The number of rotatable bonds is 6. The van der Waals surface area contributed by atoms with E-state index in [1.165, 1.54) is 9.58 Å². The van der Waals surface area contributed by atoms with Crippen LogP contribution < -0.4 is 20.9 Å². The number of hydrogen-bond acceptors (Lipinski definition) is 8. The van der Waals surface area contributed by atoms with Gasteiger partial charge < -0.3 is 9.80 Å². The first-order chi connectivity index (χ1) is 20.1. The van der Waals surface area contributed by atoms with Crippen molar-refractivity contribution < 1.29 is 4.79 Å². The molecule has 2 saturated heterocycles. The molecule has 10 nitrogen and oxygen atoms in total. The monoisotopic (exact) mass is 603 g/mol. The molecule has 4 heterocycles. The van der Waals surface area contributed by atoms with Crippen LogP contribution in [0, 0.1) is 25.2 Å². The predicted octanol–water partition coefficient (Wildman–Crippen LogP) is 3.39. The lowest BCUT2D eigenvalue weighted by molar-refractivity contribution is -0.113. The fraction of sp³-hybridized carbons (Fsp3) is 0.367. The maximum Gasteiger partial charge on any atom is 0.296 e. The van der Waals surface area contributed by atoms with Gasteiger partial charge in [-0.3, -0.25) is 28.5 Å². The van der Waals surface area contributed by atoms with Crippen LogP contribution in [0.5, 0.6) is 0 Å². The third kappa shape index (κ3) is 4.81. The Kier molecular flexibility index (Phi) is 8.28. The van der Waals surface area contributed by atoms with Crippen LogP contribution in [0.25, 0.3) is 11.8 Å². The number of piperazine rings is 1. The fourth-order valence-electron chi connectivity index (χ4n) is 5.66. The van der Waals surface area contributed by atoms with E-state index in [0.717, 1.165) is 31.4 Å². The number of nitriles is 1. The molecule has 1 amide bonds. The first-order valence-electron chi connectivity index (χ1n) is 13.9. The van der Waals surface area contributed by atoms with E-state index in [9.17, 15) is 19.6 Å². The molecule has 0 saturated carbocycles. The largest absolute Gasteiger partial charge is 0.355 e. The lowest BCUT2D eigenvalue weighted by Gasteiger charge is -2.37. The van der Waals surface area contributed by atoms with Gasteiger partial charge in [-0.05, 0) is 51.1 Å². The number of benzene rings is 1. The summed E-state index contributed by atoms with van der Waals surface area (Å²) in [5, 5.41) is 9.90. The third-order valence-corrected chi connectivity index (χ3v) is 9.40. The normalized spacial score (nSPS) is 17.0. The Balaban J connectivity index is 1.64. The van der Waals surface area contributed by atoms with Crippen LogP contribution in [0.2, 0.25) is 0 Å². The Morgan fingerprint density at radius 2 is 1.67 bits per heavy atom. The minimum absolute atomic E-state index is 0.0548. The number of para-hydroxylation sites is 1. The van der Waals surface area contributed by atoms with Crippen LogP contribution in [0.4, 0.5) is 11.5 Å². The van der Waals surface area contributed by atoms with Gasteiger partial charge in [0.15, 0.2) is 4.32 Å². The number of thiocarbonyl (C=S) groups is 1. The van der Waals surface area contributed by atoms with Crippen molar-refractivity contribution in [2.24, 2.45) is 7.05 Å². The molecule has 3 aromatic rings. The smallest absolute Gasteiger partial charge is 0.296 e. The standard InChI is InChI=1S/C30H33N7O3S2/c1-6-33-13-15-34(16-14-33)26-22(19(3)23(18-31)27(38)35(26)7-2)17-24-28(39)36(30(41)42-24)25-20(4)32(5)37(29(25)40)21-11-9-8-10-12-21/h8-12,17H,6-7,13-16H2,1-5H3. The van der Waals surface area contributed by atoms with Crippen molar-refractivity contribution in [2.75, 3.05) is 42.5 Å². The highest BCUT2D eigenvalue weighted by Gasteiger charge is 2.38. The summed E-state index contributed by atoms with van der Waals surface area (Å²) in [4.78, 5) is 47.2. The number of pyridine rings is 1. The van der Waals surface area contributed by atoms with Crippen LogP contribution in [-0.2, 0) is 18.4 Å². The lowest BCUT2D eigenvalue weighted by atomic mass is 10.0. The molecule has 1 aromatic carbocycles. The van der Waals surface area contributed by atoms with Gasteiger partial charge in [-0.15, -0.1) is 0 Å². The highest BCUT2D eigenvalue weighted by Crippen LogP contribution is 2.38. The molecule has 0 radical (unpaired) electrons. The van der Waals surface area contributed by atoms with E-state index >= 15 is 0 Å². The lowest BCUT2D eigenvalue weighted by Crippen LogP contribution is -2.48. The summed E-state index contributed by atoms with van der Waals surface area (Å²) in [5.41, 5.74) is 2.01.